The molecule has 3 rings (SSSR count). The SMILES string of the molecule is C[C@@H](CN(C)C)NC(=O)c1cc(-c2ccnc(Nc3cnn(C)c3)n2)nn1C. The molecule has 28 heavy (non-hydrogen) atoms. The monoisotopic (exact) mass is 383 g/mol. The maximum Gasteiger partial charge on any atom is 0.269 e. The van der Waals surface area contributed by atoms with Crippen molar-refractivity contribution in [1.82, 2.24) is 39.7 Å². The standard InChI is InChI=1S/C18H25N9O/c1-12(10-25(2)3)21-17(28)16-8-15(24-27(16)5)14-6-7-19-18(23-14)22-13-9-20-26(4)11-13/h6-9,11-12H,10H2,1-5H3,(H,21,28)(H,19,22,23)/t12-/m0/s1. The van der Waals surface area contributed by atoms with Gasteiger partial charge in [0.2, 0.25) is 5.95 Å². The van der Waals surface area contributed by atoms with Crippen molar-refractivity contribution in [2.24, 2.45) is 14.1 Å². The van der Waals surface area contributed by atoms with Gasteiger partial charge < -0.3 is 15.5 Å². The summed E-state index contributed by atoms with van der Waals surface area (Å²) >= 11 is 0. The number of carbonyl (C=O) groups is 1. The average molecular weight is 383 g/mol. The fourth-order valence-electron chi connectivity index (χ4n) is 2.87. The summed E-state index contributed by atoms with van der Waals surface area (Å²) in [5.74, 6) is 0.264. The minimum absolute atomic E-state index is 0.0233. The number of anilines is 2. The van der Waals surface area contributed by atoms with E-state index >= 15 is 0 Å². The van der Waals surface area contributed by atoms with Crippen molar-refractivity contribution in [2.45, 2.75) is 13.0 Å². The van der Waals surface area contributed by atoms with Gasteiger partial charge in [-0.25, -0.2) is 9.97 Å². The lowest BCUT2D eigenvalue weighted by atomic mass is 10.2. The summed E-state index contributed by atoms with van der Waals surface area (Å²) in [5.41, 5.74) is 2.48. The van der Waals surface area contributed by atoms with E-state index in [2.05, 4.69) is 30.8 Å². The Bertz CT molecular complexity index is 960. The Hall–Kier alpha value is -3.27. The first kappa shape index (κ1) is 19.5. The summed E-state index contributed by atoms with van der Waals surface area (Å²) in [7, 11) is 7.52. The molecule has 0 unspecified atom stereocenters. The van der Waals surface area contributed by atoms with E-state index in [0.717, 1.165) is 12.2 Å². The highest BCUT2D eigenvalue weighted by molar-refractivity contribution is 5.93. The first-order valence-electron chi connectivity index (χ1n) is 8.90. The molecule has 148 valence electrons. The summed E-state index contributed by atoms with van der Waals surface area (Å²) < 4.78 is 3.25. The molecular weight excluding hydrogens is 358 g/mol. The number of nitrogens with zero attached hydrogens (tertiary/aromatic N) is 7. The van der Waals surface area contributed by atoms with Gasteiger partial charge in [0, 0.05) is 39.1 Å². The normalized spacial score (nSPS) is 12.2. The predicted octanol–water partition coefficient (Wildman–Crippen LogP) is 1.03. The van der Waals surface area contributed by atoms with Gasteiger partial charge >= 0.3 is 0 Å². The maximum absolute atomic E-state index is 12.6. The van der Waals surface area contributed by atoms with Gasteiger partial charge in [-0.2, -0.15) is 10.2 Å². The highest BCUT2D eigenvalue weighted by Crippen LogP contribution is 2.19. The van der Waals surface area contributed by atoms with Crippen molar-refractivity contribution in [2.75, 3.05) is 26.0 Å². The third-order valence-corrected chi connectivity index (χ3v) is 4.01. The molecule has 0 aliphatic carbocycles. The summed E-state index contributed by atoms with van der Waals surface area (Å²) in [6.07, 6.45) is 5.16. The minimum Gasteiger partial charge on any atom is -0.347 e. The second kappa shape index (κ2) is 8.17. The van der Waals surface area contributed by atoms with Crippen LogP contribution in [0, 0.1) is 0 Å². The quantitative estimate of drug-likeness (QED) is 0.628. The summed E-state index contributed by atoms with van der Waals surface area (Å²) in [4.78, 5) is 23.3. The van der Waals surface area contributed by atoms with E-state index < -0.39 is 0 Å². The molecule has 0 saturated heterocycles. The molecule has 0 aromatic carbocycles. The molecule has 0 spiro atoms. The maximum atomic E-state index is 12.6. The van der Waals surface area contributed by atoms with Crippen LogP contribution < -0.4 is 10.6 Å². The Morgan fingerprint density at radius 1 is 1.29 bits per heavy atom. The van der Waals surface area contributed by atoms with Crippen LogP contribution in [-0.2, 0) is 14.1 Å². The van der Waals surface area contributed by atoms with E-state index in [4.69, 9.17) is 0 Å². The average Bonchev–Trinajstić information content (AvgIpc) is 3.20. The van der Waals surface area contributed by atoms with Crippen LogP contribution in [0.4, 0.5) is 11.6 Å². The van der Waals surface area contributed by atoms with Crippen molar-refractivity contribution in [3.8, 4) is 11.4 Å². The molecule has 1 amide bonds. The van der Waals surface area contributed by atoms with Gasteiger partial charge in [0.25, 0.3) is 5.91 Å². The third kappa shape index (κ3) is 4.71. The molecular formula is C18H25N9O. The van der Waals surface area contributed by atoms with Crippen molar-refractivity contribution in [3.63, 3.8) is 0 Å². The lowest BCUT2D eigenvalue weighted by Crippen LogP contribution is -2.40. The van der Waals surface area contributed by atoms with E-state index in [1.807, 2.05) is 39.2 Å². The number of likely N-dealkylation sites (N-methyl/N-ethyl adjacent to an activating group) is 1. The second-order valence-corrected chi connectivity index (χ2v) is 6.97. The predicted molar refractivity (Wildman–Crippen MR) is 106 cm³/mol. The fraction of sp³-hybridized carbons (Fsp3) is 0.389. The molecule has 0 saturated carbocycles. The summed E-state index contributed by atoms with van der Waals surface area (Å²) in [5, 5.41) is 14.6. The Kier molecular flexibility index (Phi) is 5.69. The van der Waals surface area contributed by atoms with Gasteiger partial charge in [-0.15, -0.1) is 0 Å². The van der Waals surface area contributed by atoms with Gasteiger partial charge in [0.05, 0.1) is 17.6 Å². The van der Waals surface area contributed by atoms with Crippen molar-refractivity contribution in [3.05, 3.63) is 36.4 Å². The highest BCUT2D eigenvalue weighted by atomic mass is 16.2. The second-order valence-electron chi connectivity index (χ2n) is 6.97. The Labute approximate surface area is 163 Å². The number of aromatic nitrogens is 6. The van der Waals surface area contributed by atoms with Crippen LogP contribution in [0.3, 0.4) is 0 Å². The van der Waals surface area contributed by atoms with Gasteiger partial charge in [0.15, 0.2) is 0 Å². The van der Waals surface area contributed by atoms with Crippen LogP contribution in [0.2, 0.25) is 0 Å². The number of hydrogen-bond acceptors (Lipinski definition) is 7. The molecule has 10 nitrogen and oxygen atoms in total. The number of nitrogens with one attached hydrogen (secondary N) is 2. The smallest absolute Gasteiger partial charge is 0.269 e. The molecule has 3 aromatic rings. The van der Waals surface area contributed by atoms with E-state index in [1.165, 1.54) is 0 Å². The van der Waals surface area contributed by atoms with Crippen LogP contribution in [0.25, 0.3) is 11.4 Å². The van der Waals surface area contributed by atoms with Crippen LogP contribution in [-0.4, -0.2) is 67.0 Å². The minimum atomic E-state index is -0.168. The summed E-state index contributed by atoms with van der Waals surface area (Å²) in [6, 6.07) is 3.51. The zero-order chi connectivity index (χ0) is 20.3. The summed E-state index contributed by atoms with van der Waals surface area (Å²) in [6.45, 7) is 2.72. The van der Waals surface area contributed by atoms with Gasteiger partial charge in [-0.1, -0.05) is 0 Å². The number of carbonyl (C=O) groups excluding carboxylic acids is 1. The largest absolute Gasteiger partial charge is 0.347 e. The molecule has 0 fully saturated rings. The Balaban J connectivity index is 1.77. The van der Waals surface area contributed by atoms with E-state index in [1.54, 1.807) is 40.9 Å². The third-order valence-electron chi connectivity index (χ3n) is 4.01. The van der Waals surface area contributed by atoms with E-state index in [0.29, 0.717) is 23.0 Å². The van der Waals surface area contributed by atoms with Crippen LogP contribution >= 0.6 is 0 Å². The van der Waals surface area contributed by atoms with Crippen LogP contribution in [0.5, 0.6) is 0 Å². The molecule has 3 aromatic heterocycles. The molecule has 0 aliphatic rings. The molecule has 10 heteroatoms. The first-order chi connectivity index (χ1) is 13.3. The molecule has 0 radical (unpaired) electrons. The molecule has 3 heterocycles. The zero-order valence-electron chi connectivity index (χ0n) is 16.7. The van der Waals surface area contributed by atoms with Crippen LogP contribution in [0.1, 0.15) is 17.4 Å². The Morgan fingerprint density at radius 3 is 2.75 bits per heavy atom. The zero-order valence-corrected chi connectivity index (χ0v) is 16.7. The highest BCUT2D eigenvalue weighted by Gasteiger charge is 2.17. The first-order valence-corrected chi connectivity index (χ1v) is 8.90. The number of rotatable bonds is 7. The van der Waals surface area contributed by atoms with Gasteiger partial charge in [-0.05, 0) is 33.2 Å². The number of amides is 1. The fourth-order valence-corrected chi connectivity index (χ4v) is 2.87. The van der Waals surface area contributed by atoms with Crippen molar-refractivity contribution in [1.29, 1.82) is 0 Å². The molecule has 0 aliphatic heterocycles. The number of aryl methyl sites for hydroxylation is 2. The topological polar surface area (TPSA) is 106 Å². The van der Waals surface area contributed by atoms with Crippen molar-refractivity contribution >= 4 is 17.5 Å². The van der Waals surface area contributed by atoms with Crippen molar-refractivity contribution < 1.29 is 4.79 Å². The molecule has 2 N–H and O–H groups in total. The molecule has 1 atom stereocenters. The van der Waals surface area contributed by atoms with Gasteiger partial charge in [-0.3, -0.25) is 14.2 Å². The van der Waals surface area contributed by atoms with Crippen LogP contribution in [0.15, 0.2) is 30.7 Å². The number of hydrogen-bond donors (Lipinski definition) is 2. The lowest BCUT2D eigenvalue weighted by molar-refractivity contribution is 0.0925. The lowest BCUT2D eigenvalue weighted by Gasteiger charge is -2.18. The van der Waals surface area contributed by atoms with E-state index in [9.17, 15) is 4.79 Å². The molecule has 0 bridgehead atoms. The van der Waals surface area contributed by atoms with Gasteiger partial charge in [0.1, 0.15) is 11.4 Å². The Morgan fingerprint density at radius 2 is 2.07 bits per heavy atom. The van der Waals surface area contributed by atoms with E-state index in [-0.39, 0.29) is 11.9 Å².